The van der Waals surface area contributed by atoms with E-state index in [1.54, 1.807) is 18.2 Å². The van der Waals surface area contributed by atoms with Gasteiger partial charge in [-0.25, -0.2) is 4.39 Å². The number of benzene rings is 3. The molecule has 0 saturated heterocycles. The Morgan fingerprint density at radius 2 is 1.42 bits per heavy atom. The van der Waals surface area contributed by atoms with Crippen molar-refractivity contribution in [2.24, 2.45) is 0 Å². The molecule has 4 rings (SSSR count). The average molecular weight is 443 g/mol. The fourth-order valence-corrected chi connectivity index (χ4v) is 3.73. The molecule has 33 heavy (non-hydrogen) atoms. The number of halogens is 1. The van der Waals surface area contributed by atoms with Crippen LogP contribution in [0.1, 0.15) is 33.0 Å². The van der Waals surface area contributed by atoms with Crippen molar-refractivity contribution in [3.05, 3.63) is 131 Å². The third kappa shape index (κ3) is 6.64. The predicted octanol–water partition coefficient (Wildman–Crippen LogP) is 5.59. The summed E-state index contributed by atoms with van der Waals surface area (Å²) in [5.74, 6) is 0.480. The van der Waals surface area contributed by atoms with Gasteiger partial charge in [0.25, 0.3) is 5.91 Å². The van der Waals surface area contributed by atoms with E-state index < -0.39 is 0 Å². The molecule has 0 spiro atoms. The lowest BCUT2D eigenvalue weighted by Gasteiger charge is -2.22. The zero-order valence-corrected chi connectivity index (χ0v) is 18.4. The second kappa shape index (κ2) is 11.2. The van der Waals surface area contributed by atoms with Crippen molar-refractivity contribution in [1.29, 1.82) is 0 Å². The van der Waals surface area contributed by atoms with Crippen molar-refractivity contribution in [3.8, 4) is 0 Å². The topological polar surface area (TPSA) is 45.5 Å². The number of carbonyl (C=O) groups is 1. The summed E-state index contributed by atoms with van der Waals surface area (Å²) in [6.07, 6.45) is 0.758. The van der Waals surface area contributed by atoms with Crippen LogP contribution in [0.2, 0.25) is 0 Å². The molecule has 1 amide bonds. The van der Waals surface area contributed by atoms with E-state index in [0.717, 1.165) is 12.0 Å². The Hall–Kier alpha value is -3.70. The van der Waals surface area contributed by atoms with Gasteiger partial charge in [0, 0.05) is 25.2 Å². The van der Waals surface area contributed by atoms with Gasteiger partial charge in [-0.1, -0.05) is 78.9 Å². The Kier molecular flexibility index (Phi) is 7.67. The number of amides is 1. The van der Waals surface area contributed by atoms with Gasteiger partial charge in [0.2, 0.25) is 0 Å². The molecule has 0 unspecified atom stereocenters. The van der Waals surface area contributed by atoms with Crippen LogP contribution in [-0.4, -0.2) is 17.4 Å². The van der Waals surface area contributed by atoms with Gasteiger partial charge >= 0.3 is 0 Å². The Morgan fingerprint density at radius 1 is 0.758 bits per heavy atom. The van der Waals surface area contributed by atoms with Crippen molar-refractivity contribution < 1.29 is 13.6 Å². The summed E-state index contributed by atoms with van der Waals surface area (Å²) in [6.45, 7) is 2.06. The van der Waals surface area contributed by atoms with E-state index >= 15 is 0 Å². The molecule has 168 valence electrons. The smallest absolute Gasteiger partial charge is 0.287 e. The minimum Gasteiger partial charge on any atom is -0.455 e. The van der Waals surface area contributed by atoms with Crippen LogP contribution >= 0.6 is 0 Å². The monoisotopic (exact) mass is 442 g/mol. The lowest BCUT2D eigenvalue weighted by molar-refractivity contribution is 0.0922. The summed E-state index contributed by atoms with van der Waals surface area (Å²) in [4.78, 5) is 14.6. The van der Waals surface area contributed by atoms with Crippen LogP contribution in [0.25, 0.3) is 0 Å². The van der Waals surface area contributed by atoms with Gasteiger partial charge < -0.3 is 9.73 Å². The van der Waals surface area contributed by atoms with Crippen molar-refractivity contribution in [1.82, 2.24) is 10.2 Å². The molecule has 1 aromatic heterocycles. The maximum absolute atomic E-state index is 14.3. The molecular weight excluding hydrogens is 415 g/mol. The maximum atomic E-state index is 14.3. The second-order valence-electron chi connectivity index (χ2n) is 7.98. The molecule has 0 aliphatic heterocycles. The zero-order chi connectivity index (χ0) is 22.9. The molecule has 3 aromatic carbocycles. The Morgan fingerprint density at radius 3 is 2.15 bits per heavy atom. The lowest BCUT2D eigenvalue weighted by Crippen LogP contribution is -2.25. The standard InChI is InChI=1S/C28H27FN2O2/c29-26-14-8-7-13-24(26)20-31(19-23-11-5-2-6-12-23)21-25-15-16-27(33-25)28(32)30-18-17-22-9-3-1-4-10-22/h1-16H,17-21H2,(H,30,32). The fourth-order valence-electron chi connectivity index (χ4n) is 3.73. The minimum absolute atomic E-state index is 0.228. The highest BCUT2D eigenvalue weighted by molar-refractivity contribution is 5.91. The van der Waals surface area contributed by atoms with E-state index in [9.17, 15) is 9.18 Å². The van der Waals surface area contributed by atoms with Crippen LogP contribution in [-0.2, 0) is 26.1 Å². The average Bonchev–Trinajstić information content (AvgIpc) is 3.30. The summed E-state index contributed by atoms with van der Waals surface area (Å²) in [5.41, 5.74) is 2.92. The Labute approximate surface area is 193 Å². The largest absolute Gasteiger partial charge is 0.455 e. The highest BCUT2D eigenvalue weighted by Gasteiger charge is 2.15. The number of nitrogens with zero attached hydrogens (tertiary/aromatic N) is 1. The third-order valence-electron chi connectivity index (χ3n) is 5.41. The Bertz CT molecular complexity index is 1160. The molecule has 0 atom stereocenters. The Balaban J connectivity index is 1.39. The van der Waals surface area contributed by atoms with Crippen LogP contribution in [0.15, 0.2) is 101 Å². The van der Waals surface area contributed by atoms with E-state index in [4.69, 9.17) is 4.42 Å². The highest BCUT2D eigenvalue weighted by Crippen LogP contribution is 2.18. The summed E-state index contributed by atoms with van der Waals surface area (Å²) >= 11 is 0. The highest BCUT2D eigenvalue weighted by atomic mass is 19.1. The van der Waals surface area contributed by atoms with Crippen LogP contribution in [0.5, 0.6) is 0 Å². The minimum atomic E-state index is -0.235. The number of hydrogen-bond acceptors (Lipinski definition) is 3. The molecule has 0 aliphatic carbocycles. The fraction of sp³-hybridized carbons (Fsp3) is 0.179. The van der Waals surface area contributed by atoms with Gasteiger partial charge in [0.15, 0.2) is 5.76 Å². The van der Waals surface area contributed by atoms with Gasteiger partial charge in [-0.05, 0) is 35.7 Å². The molecule has 0 aliphatic rings. The van der Waals surface area contributed by atoms with Crippen molar-refractivity contribution in [2.45, 2.75) is 26.1 Å². The number of nitrogens with one attached hydrogen (secondary N) is 1. The van der Waals surface area contributed by atoms with Gasteiger partial charge in [-0.3, -0.25) is 9.69 Å². The number of carbonyl (C=O) groups excluding carboxylic acids is 1. The number of hydrogen-bond donors (Lipinski definition) is 1. The van der Waals surface area contributed by atoms with Crippen LogP contribution in [0.3, 0.4) is 0 Å². The van der Waals surface area contributed by atoms with Crippen LogP contribution < -0.4 is 5.32 Å². The van der Waals surface area contributed by atoms with Gasteiger partial charge in [-0.2, -0.15) is 0 Å². The molecule has 4 nitrogen and oxygen atoms in total. The molecule has 0 saturated carbocycles. The molecule has 4 aromatic rings. The number of furan rings is 1. The molecule has 5 heteroatoms. The van der Waals surface area contributed by atoms with E-state index in [-0.39, 0.29) is 17.5 Å². The maximum Gasteiger partial charge on any atom is 0.287 e. The summed E-state index contributed by atoms with van der Waals surface area (Å²) in [6, 6.07) is 30.3. The van der Waals surface area contributed by atoms with E-state index in [2.05, 4.69) is 10.2 Å². The van der Waals surface area contributed by atoms with Gasteiger partial charge in [-0.15, -0.1) is 0 Å². The zero-order valence-electron chi connectivity index (χ0n) is 18.4. The first-order chi connectivity index (χ1) is 16.2. The van der Waals surface area contributed by atoms with Crippen molar-refractivity contribution in [2.75, 3.05) is 6.54 Å². The first kappa shape index (κ1) is 22.5. The van der Waals surface area contributed by atoms with Gasteiger partial charge in [0.1, 0.15) is 11.6 Å². The number of rotatable bonds is 10. The molecule has 0 fully saturated rings. The van der Waals surface area contributed by atoms with E-state index in [1.165, 1.54) is 11.6 Å². The van der Waals surface area contributed by atoms with E-state index in [1.807, 2.05) is 72.8 Å². The normalized spacial score (nSPS) is 11.0. The van der Waals surface area contributed by atoms with Crippen molar-refractivity contribution in [3.63, 3.8) is 0 Å². The first-order valence-corrected chi connectivity index (χ1v) is 11.1. The summed E-state index contributed by atoms with van der Waals surface area (Å²) in [7, 11) is 0. The van der Waals surface area contributed by atoms with Crippen LogP contribution in [0, 0.1) is 5.82 Å². The quantitative estimate of drug-likeness (QED) is 0.348. The van der Waals surface area contributed by atoms with Crippen LogP contribution in [0.4, 0.5) is 4.39 Å². The first-order valence-electron chi connectivity index (χ1n) is 11.1. The van der Waals surface area contributed by atoms with Gasteiger partial charge in [0.05, 0.1) is 6.54 Å². The SMILES string of the molecule is O=C(NCCc1ccccc1)c1ccc(CN(Cc2ccccc2)Cc2ccccc2F)o1. The molecule has 1 heterocycles. The molecule has 0 bridgehead atoms. The molecular formula is C28H27FN2O2. The summed E-state index contributed by atoms with van der Waals surface area (Å²) in [5, 5.41) is 2.91. The van der Waals surface area contributed by atoms with E-state index in [0.29, 0.717) is 37.5 Å². The summed E-state index contributed by atoms with van der Waals surface area (Å²) < 4.78 is 20.1. The third-order valence-corrected chi connectivity index (χ3v) is 5.41. The predicted molar refractivity (Wildman–Crippen MR) is 127 cm³/mol. The second-order valence-corrected chi connectivity index (χ2v) is 7.98. The molecule has 0 radical (unpaired) electrons. The lowest BCUT2D eigenvalue weighted by atomic mass is 10.1. The molecule has 1 N–H and O–H groups in total. The van der Waals surface area contributed by atoms with Crippen molar-refractivity contribution >= 4 is 5.91 Å².